The number of nitrogens with zero attached hydrogens (tertiary/aromatic N) is 1. The summed E-state index contributed by atoms with van der Waals surface area (Å²) in [6, 6.07) is 5.03. The van der Waals surface area contributed by atoms with Crippen LogP contribution in [0.2, 0.25) is 0 Å². The van der Waals surface area contributed by atoms with Gasteiger partial charge in [-0.25, -0.2) is 4.79 Å². The molecule has 1 aliphatic rings. The number of carbonyl (C=O) groups excluding carboxylic acids is 3. The molecule has 160 valence electrons. The minimum atomic E-state index is -0.943. The molecule has 2 N–H and O–H groups in total. The van der Waals surface area contributed by atoms with E-state index in [2.05, 4.69) is 24.5 Å². The van der Waals surface area contributed by atoms with E-state index in [1.807, 2.05) is 12.1 Å². The van der Waals surface area contributed by atoms with Gasteiger partial charge in [-0.15, -0.1) is 0 Å². The second-order valence-corrected chi connectivity index (χ2v) is 7.88. The predicted octanol–water partition coefficient (Wildman–Crippen LogP) is 2.11. The standard InChI is InChI=1S/C21H31N3O5/c1-14(2)8-10-21(3)19(26)24(20(27)23-21)13-18(25)22-11-9-15-6-7-16(28-4)17(12-15)29-5/h6-7,12,14H,8-11,13H2,1-5H3,(H,22,25)(H,23,27)/t21-/m1/s1. The van der Waals surface area contributed by atoms with Gasteiger partial charge in [0.2, 0.25) is 5.91 Å². The fourth-order valence-corrected chi connectivity index (χ4v) is 3.22. The molecule has 2 rings (SSSR count). The molecule has 0 saturated carbocycles. The molecule has 1 aromatic rings. The number of ether oxygens (including phenoxy) is 2. The van der Waals surface area contributed by atoms with Crippen LogP contribution in [0.15, 0.2) is 18.2 Å². The van der Waals surface area contributed by atoms with E-state index in [9.17, 15) is 14.4 Å². The number of methoxy groups -OCH3 is 2. The van der Waals surface area contributed by atoms with Crippen molar-refractivity contribution in [2.45, 2.75) is 45.6 Å². The van der Waals surface area contributed by atoms with Crippen LogP contribution in [0.1, 0.15) is 39.2 Å². The van der Waals surface area contributed by atoms with Crippen molar-refractivity contribution in [1.29, 1.82) is 0 Å². The van der Waals surface area contributed by atoms with Crippen molar-refractivity contribution in [3.8, 4) is 11.5 Å². The Bertz CT molecular complexity index is 765. The highest BCUT2D eigenvalue weighted by molar-refractivity contribution is 6.08. The molecular weight excluding hydrogens is 374 g/mol. The van der Waals surface area contributed by atoms with Crippen LogP contribution in [0.5, 0.6) is 11.5 Å². The second kappa shape index (κ2) is 9.62. The van der Waals surface area contributed by atoms with Crippen LogP contribution < -0.4 is 20.1 Å². The van der Waals surface area contributed by atoms with Crippen molar-refractivity contribution in [3.05, 3.63) is 23.8 Å². The van der Waals surface area contributed by atoms with Gasteiger partial charge in [-0.05, 0) is 49.8 Å². The molecule has 29 heavy (non-hydrogen) atoms. The fraction of sp³-hybridized carbons (Fsp3) is 0.571. The molecule has 4 amide bonds. The smallest absolute Gasteiger partial charge is 0.325 e. The second-order valence-electron chi connectivity index (χ2n) is 7.88. The van der Waals surface area contributed by atoms with Crippen LogP contribution in [0.3, 0.4) is 0 Å². The van der Waals surface area contributed by atoms with E-state index in [0.29, 0.717) is 36.8 Å². The predicted molar refractivity (Wildman–Crippen MR) is 109 cm³/mol. The van der Waals surface area contributed by atoms with E-state index >= 15 is 0 Å². The third-order valence-corrected chi connectivity index (χ3v) is 5.05. The first-order chi connectivity index (χ1) is 13.7. The van der Waals surface area contributed by atoms with Gasteiger partial charge in [0.15, 0.2) is 11.5 Å². The van der Waals surface area contributed by atoms with Gasteiger partial charge in [0.05, 0.1) is 14.2 Å². The summed E-state index contributed by atoms with van der Waals surface area (Å²) >= 11 is 0. The van der Waals surface area contributed by atoms with Crippen LogP contribution in [-0.4, -0.2) is 55.6 Å². The maximum Gasteiger partial charge on any atom is 0.325 e. The van der Waals surface area contributed by atoms with Crippen molar-refractivity contribution in [1.82, 2.24) is 15.5 Å². The summed E-state index contributed by atoms with van der Waals surface area (Å²) in [5, 5.41) is 5.49. The minimum absolute atomic E-state index is 0.284. The molecule has 0 unspecified atom stereocenters. The Morgan fingerprint density at radius 3 is 2.52 bits per heavy atom. The van der Waals surface area contributed by atoms with Crippen LogP contribution in [-0.2, 0) is 16.0 Å². The first-order valence-electron chi connectivity index (χ1n) is 9.82. The van der Waals surface area contributed by atoms with E-state index in [0.717, 1.165) is 16.9 Å². The number of carbonyl (C=O) groups is 3. The average molecular weight is 405 g/mol. The molecule has 8 nitrogen and oxygen atoms in total. The molecule has 1 aromatic carbocycles. The highest BCUT2D eigenvalue weighted by Gasteiger charge is 2.47. The molecule has 0 spiro atoms. The summed E-state index contributed by atoms with van der Waals surface area (Å²) in [4.78, 5) is 38.1. The van der Waals surface area contributed by atoms with Crippen molar-refractivity contribution in [2.75, 3.05) is 27.3 Å². The summed E-state index contributed by atoms with van der Waals surface area (Å²) < 4.78 is 10.5. The summed E-state index contributed by atoms with van der Waals surface area (Å²) in [7, 11) is 3.14. The molecule has 8 heteroatoms. The number of hydrogen-bond donors (Lipinski definition) is 2. The zero-order valence-electron chi connectivity index (χ0n) is 17.8. The van der Waals surface area contributed by atoms with Gasteiger partial charge < -0.3 is 20.1 Å². The topological polar surface area (TPSA) is 97.0 Å². The van der Waals surface area contributed by atoms with E-state index in [1.54, 1.807) is 27.2 Å². The Morgan fingerprint density at radius 2 is 1.90 bits per heavy atom. The SMILES string of the molecule is COc1ccc(CCNC(=O)CN2C(=O)N[C@](C)(CCC(C)C)C2=O)cc1OC. The van der Waals surface area contributed by atoms with Crippen LogP contribution in [0.4, 0.5) is 4.79 Å². The fourth-order valence-electron chi connectivity index (χ4n) is 3.22. The Labute approximate surface area is 171 Å². The molecular formula is C21H31N3O5. The zero-order valence-corrected chi connectivity index (χ0v) is 17.8. The lowest BCUT2D eigenvalue weighted by molar-refractivity contribution is -0.134. The largest absolute Gasteiger partial charge is 0.493 e. The number of hydrogen-bond acceptors (Lipinski definition) is 5. The summed E-state index contributed by atoms with van der Waals surface area (Å²) in [5.74, 6) is 0.960. The Balaban J connectivity index is 1.86. The Morgan fingerprint density at radius 1 is 1.21 bits per heavy atom. The van der Waals surface area contributed by atoms with E-state index < -0.39 is 11.6 Å². The van der Waals surface area contributed by atoms with Crippen molar-refractivity contribution < 1.29 is 23.9 Å². The highest BCUT2D eigenvalue weighted by Crippen LogP contribution is 2.27. The normalized spacial score (nSPS) is 18.8. The molecule has 0 bridgehead atoms. The number of imide groups is 1. The molecule has 1 aliphatic heterocycles. The van der Waals surface area contributed by atoms with Gasteiger partial charge in [-0.3, -0.25) is 14.5 Å². The number of amides is 4. The van der Waals surface area contributed by atoms with E-state index in [-0.39, 0.29) is 18.4 Å². The van der Waals surface area contributed by atoms with Crippen LogP contribution in [0.25, 0.3) is 0 Å². The average Bonchev–Trinajstić information content (AvgIpc) is 2.89. The third kappa shape index (κ3) is 5.62. The summed E-state index contributed by atoms with van der Waals surface area (Å²) in [6.45, 7) is 5.93. The lowest BCUT2D eigenvalue weighted by atomic mass is 9.92. The van der Waals surface area contributed by atoms with Gasteiger partial charge in [0.1, 0.15) is 12.1 Å². The maximum absolute atomic E-state index is 12.6. The number of benzene rings is 1. The van der Waals surface area contributed by atoms with Crippen LogP contribution in [0, 0.1) is 5.92 Å². The monoisotopic (exact) mass is 405 g/mol. The van der Waals surface area contributed by atoms with Crippen LogP contribution >= 0.6 is 0 Å². The van der Waals surface area contributed by atoms with Crippen molar-refractivity contribution >= 4 is 17.8 Å². The third-order valence-electron chi connectivity index (χ3n) is 5.05. The van der Waals surface area contributed by atoms with E-state index in [4.69, 9.17) is 9.47 Å². The summed E-state index contributed by atoms with van der Waals surface area (Å²) in [6.07, 6.45) is 1.94. The van der Waals surface area contributed by atoms with Gasteiger partial charge >= 0.3 is 6.03 Å². The molecule has 1 saturated heterocycles. The quantitative estimate of drug-likeness (QED) is 0.581. The minimum Gasteiger partial charge on any atom is -0.493 e. The van der Waals surface area contributed by atoms with Gasteiger partial charge in [-0.1, -0.05) is 19.9 Å². The van der Waals surface area contributed by atoms with Crippen molar-refractivity contribution in [3.63, 3.8) is 0 Å². The van der Waals surface area contributed by atoms with Gasteiger partial charge in [-0.2, -0.15) is 0 Å². The zero-order chi connectivity index (χ0) is 21.6. The lowest BCUT2D eigenvalue weighted by Crippen LogP contribution is -2.45. The maximum atomic E-state index is 12.6. The molecule has 0 aromatic heterocycles. The van der Waals surface area contributed by atoms with E-state index in [1.165, 1.54) is 0 Å². The molecule has 1 atom stereocenters. The first kappa shape index (κ1) is 22.5. The molecule has 1 fully saturated rings. The highest BCUT2D eigenvalue weighted by atomic mass is 16.5. The number of urea groups is 1. The summed E-state index contributed by atoms with van der Waals surface area (Å²) in [5.41, 5.74) is 0.0283. The Kier molecular flexibility index (Phi) is 7.47. The van der Waals surface area contributed by atoms with Crippen molar-refractivity contribution in [2.24, 2.45) is 5.92 Å². The number of rotatable bonds is 10. The number of nitrogens with one attached hydrogen (secondary N) is 2. The molecule has 0 aliphatic carbocycles. The first-order valence-corrected chi connectivity index (χ1v) is 9.82. The van der Waals surface area contributed by atoms with Gasteiger partial charge in [0.25, 0.3) is 5.91 Å². The molecule has 0 radical (unpaired) electrons. The lowest BCUT2D eigenvalue weighted by Gasteiger charge is -2.22. The molecule has 1 heterocycles. The Hall–Kier alpha value is -2.77. The van der Waals surface area contributed by atoms with Gasteiger partial charge in [0, 0.05) is 6.54 Å².